The Kier molecular flexibility index (Phi) is 5.28. The molecule has 3 rings (SSSR count). The summed E-state index contributed by atoms with van der Waals surface area (Å²) < 4.78 is 42.6. The molecule has 0 bridgehead atoms. The second-order valence-electron chi connectivity index (χ2n) is 5.84. The minimum atomic E-state index is -0.813. The van der Waals surface area contributed by atoms with Gasteiger partial charge in [0, 0.05) is 26.3 Å². The molecule has 1 fully saturated rings. The summed E-state index contributed by atoms with van der Waals surface area (Å²) in [7, 11) is 1.66. The van der Waals surface area contributed by atoms with Gasteiger partial charge in [-0.2, -0.15) is 0 Å². The predicted molar refractivity (Wildman–Crippen MR) is 83.1 cm³/mol. The van der Waals surface area contributed by atoms with E-state index in [1.165, 1.54) is 17.0 Å². The van der Waals surface area contributed by atoms with Gasteiger partial charge in [-0.15, -0.1) is 0 Å². The largest absolute Gasteiger partial charge is 0.479 e. The first kappa shape index (κ1) is 17.3. The number of hydrogen-bond acceptors (Lipinski definition) is 5. The molecule has 2 heterocycles. The Morgan fingerprint density at radius 3 is 2.84 bits per heavy atom. The van der Waals surface area contributed by atoms with E-state index in [2.05, 4.69) is 5.16 Å². The lowest BCUT2D eigenvalue weighted by Crippen LogP contribution is -2.34. The average Bonchev–Trinajstić information content (AvgIpc) is 3.25. The molecule has 8 heteroatoms. The van der Waals surface area contributed by atoms with Crippen LogP contribution in [0.25, 0.3) is 0 Å². The van der Waals surface area contributed by atoms with E-state index >= 15 is 0 Å². The van der Waals surface area contributed by atoms with Crippen LogP contribution in [0.4, 0.5) is 8.78 Å². The monoisotopic (exact) mass is 352 g/mol. The van der Waals surface area contributed by atoms with Crippen LogP contribution in [0.2, 0.25) is 0 Å². The number of likely N-dealkylation sites (N-methyl/N-ethyl adjacent to an activating group) is 1. The zero-order valence-electron chi connectivity index (χ0n) is 13.7. The third kappa shape index (κ3) is 4.14. The molecule has 2 aromatic rings. The Balaban J connectivity index is 1.59. The fourth-order valence-corrected chi connectivity index (χ4v) is 2.62. The van der Waals surface area contributed by atoms with Gasteiger partial charge >= 0.3 is 0 Å². The highest BCUT2D eigenvalue weighted by atomic mass is 19.1. The molecule has 0 saturated carbocycles. The van der Waals surface area contributed by atoms with Crippen molar-refractivity contribution in [1.82, 2.24) is 10.1 Å². The van der Waals surface area contributed by atoms with E-state index < -0.39 is 17.4 Å². The first-order valence-electron chi connectivity index (χ1n) is 7.94. The van der Waals surface area contributed by atoms with Gasteiger partial charge in [0.25, 0.3) is 5.91 Å². The van der Waals surface area contributed by atoms with E-state index in [1.807, 2.05) is 0 Å². The fourth-order valence-electron chi connectivity index (χ4n) is 2.62. The SMILES string of the molecule is CN(CC1CCCO1)C(=O)c1cc(COc2c(F)cccc2F)on1. The molecule has 1 amide bonds. The number of aromatic nitrogens is 1. The van der Waals surface area contributed by atoms with E-state index in [9.17, 15) is 13.6 Å². The fraction of sp³-hybridized carbons (Fsp3) is 0.412. The zero-order chi connectivity index (χ0) is 17.8. The minimum absolute atomic E-state index is 0.0349. The summed E-state index contributed by atoms with van der Waals surface area (Å²) in [5.74, 6) is -2.25. The van der Waals surface area contributed by atoms with Crippen molar-refractivity contribution in [3.63, 3.8) is 0 Å². The summed E-state index contributed by atoms with van der Waals surface area (Å²) in [6.45, 7) is 0.941. The number of para-hydroxylation sites is 1. The van der Waals surface area contributed by atoms with Crippen LogP contribution in [0.1, 0.15) is 29.1 Å². The summed E-state index contributed by atoms with van der Waals surface area (Å²) in [6, 6.07) is 4.82. The van der Waals surface area contributed by atoms with Gasteiger partial charge in [-0.05, 0) is 25.0 Å². The van der Waals surface area contributed by atoms with Crippen LogP contribution >= 0.6 is 0 Å². The van der Waals surface area contributed by atoms with Crippen molar-refractivity contribution < 1.29 is 27.6 Å². The zero-order valence-corrected chi connectivity index (χ0v) is 13.7. The third-order valence-corrected chi connectivity index (χ3v) is 3.90. The van der Waals surface area contributed by atoms with Crippen LogP contribution in [0.5, 0.6) is 5.75 Å². The lowest BCUT2D eigenvalue weighted by atomic mass is 10.2. The average molecular weight is 352 g/mol. The Hall–Kier alpha value is -2.48. The van der Waals surface area contributed by atoms with E-state index in [0.717, 1.165) is 25.0 Å². The molecule has 1 unspecified atom stereocenters. The van der Waals surface area contributed by atoms with Gasteiger partial charge < -0.3 is 18.9 Å². The number of halogens is 2. The van der Waals surface area contributed by atoms with E-state index in [4.69, 9.17) is 14.0 Å². The molecule has 0 aliphatic carbocycles. The predicted octanol–water partition coefficient (Wildman–Crippen LogP) is 2.78. The quantitative estimate of drug-likeness (QED) is 0.800. The summed E-state index contributed by atoms with van der Waals surface area (Å²) in [4.78, 5) is 13.8. The Morgan fingerprint density at radius 2 is 2.16 bits per heavy atom. The number of ether oxygens (including phenoxy) is 2. The van der Waals surface area contributed by atoms with Crippen LogP contribution in [0.15, 0.2) is 28.8 Å². The highest BCUT2D eigenvalue weighted by molar-refractivity contribution is 5.92. The molecule has 1 aliphatic heterocycles. The van der Waals surface area contributed by atoms with Gasteiger partial charge in [-0.3, -0.25) is 4.79 Å². The Morgan fingerprint density at radius 1 is 1.40 bits per heavy atom. The smallest absolute Gasteiger partial charge is 0.275 e. The molecule has 1 saturated heterocycles. The van der Waals surface area contributed by atoms with E-state index in [1.54, 1.807) is 7.05 Å². The Labute approximate surface area is 143 Å². The molecule has 0 N–H and O–H groups in total. The van der Waals surface area contributed by atoms with Crippen molar-refractivity contribution in [2.45, 2.75) is 25.6 Å². The summed E-state index contributed by atoms with van der Waals surface area (Å²) in [5.41, 5.74) is 0.105. The highest BCUT2D eigenvalue weighted by Gasteiger charge is 2.23. The molecule has 0 radical (unpaired) electrons. The van der Waals surface area contributed by atoms with Crippen molar-refractivity contribution in [1.29, 1.82) is 0 Å². The van der Waals surface area contributed by atoms with Gasteiger partial charge in [-0.1, -0.05) is 11.2 Å². The third-order valence-electron chi connectivity index (χ3n) is 3.90. The van der Waals surface area contributed by atoms with Crippen LogP contribution in [-0.4, -0.2) is 42.3 Å². The van der Waals surface area contributed by atoms with Gasteiger partial charge in [-0.25, -0.2) is 8.78 Å². The summed E-state index contributed by atoms with van der Waals surface area (Å²) in [5, 5.41) is 3.69. The minimum Gasteiger partial charge on any atom is -0.479 e. The molecule has 1 aromatic heterocycles. The maximum absolute atomic E-state index is 13.5. The van der Waals surface area contributed by atoms with Gasteiger partial charge in [0.1, 0.15) is 6.61 Å². The number of amides is 1. The lowest BCUT2D eigenvalue weighted by molar-refractivity contribution is 0.0579. The second-order valence-corrected chi connectivity index (χ2v) is 5.84. The van der Waals surface area contributed by atoms with Crippen LogP contribution < -0.4 is 4.74 Å². The molecule has 25 heavy (non-hydrogen) atoms. The normalized spacial score (nSPS) is 16.8. The topological polar surface area (TPSA) is 64.8 Å². The standard InChI is InChI=1S/C17H18F2N2O4/c1-21(9-11-4-3-7-23-11)17(22)15-8-12(25-20-15)10-24-16-13(18)5-2-6-14(16)19/h2,5-6,8,11H,3-4,7,9-10H2,1H3. The van der Waals surface area contributed by atoms with Crippen LogP contribution in [0, 0.1) is 11.6 Å². The van der Waals surface area contributed by atoms with Crippen molar-refractivity contribution in [3.05, 3.63) is 47.4 Å². The van der Waals surface area contributed by atoms with Crippen molar-refractivity contribution >= 4 is 5.91 Å². The number of nitrogens with zero attached hydrogens (tertiary/aromatic N) is 2. The molecule has 6 nitrogen and oxygen atoms in total. The molecule has 134 valence electrons. The lowest BCUT2D eigenvalue weighted by Gasteiger charge is -2.19. The number of carbonyl (C=O) groups is 1. The van der Waals surface area contributed by atoms with Gasteiger partial charge in [0.2, 0.25) is 0 Å². The molecular weight excluding hydrogens is 334 g/mol. The maximum Gasteiger partial charge on any atom is 0.275 e. The first-order chi connectivity index (χ1) is 12.0. The van der Waals surface area contributed by atoms with Gasteiger partial charge in [0.05, 0.1) is 6.10 Å². The van der Waals surface area contributed by atoms with Crippen LogP contribution in [0.3, 0.4) is 0 Å². The molecule has 1 aliphatic rings. The molecular formula is C17H18F2N2O4. The highest BCUT2D eigenvalue weighted by Crippen LogP contribution is 2.22. The van der Waals surface area contributed by atoms with E-state index in [0.29, 0.717) is 13.2 Å². The maximum atomic E-state index is 13.5. The number of benzene rings is 1. The van der Waals surface area contributed by atoms with Crippen molar-refractivity contribution in [2.75, 3.05) is 20.2 Å². The summed E-state index contributed by atoms with van der Waals surface area (Å²) >= 11 is 0. The Bertz CT molecular complexity index is 724. The first-order valence-corrected chi connectivity index (χ1v) is 7.94. The van der Waals surface area contributed by atoms with Crippen LogP contribution in [-0.2, 0) is 11.3 Å². The molecule has 0 spiro atoms. The molecule has 1 atom stereocenters. The van der Waals surface area contributed by atoms with Crippen molar-refractivity contribution in [2.24, 2.45) is 0 Å². The number of rotatable bonds is 6. The number of carbonyl (C=O) groups excluding carboxylic acids is 1. The van der Waals surface area contributed by atoms with E-state index in [-0.39, 0.29) is 30.1 Å². The molecule has 1 aromatic carbocycles. The van der Waals surface area contributed by atoms with Gasteiger partial charge in [0.15, 0.2) is 28.8 Å². The summed E-state index contributed by atoms with van der Waals surface area (Å²) in [6.07, 6.45) is 1.95. The second kappa shape index (κ2) is 7.60. The van der Waals surface area contributed by atoms with Crippen molar-refractivity contribution in [3.8, 4) is 5.75 Å². The number of hydrogen-bond donors (Lipinski definition) is 0.